The van der Waals surface area contributed by atoms with Gasteiger partial charge in [0.05, 0.1) is 12.2 Å². The number of carbonyl (C=O) groups is 2. The highest BCUT2D eigenvalue weighted by atomic mass is 16.5. The van der Waals surface area contributed by atoms with E-state index in [4.69, 9.17) is 4.74 Å². The molecule has 1 aliphatic heterocycles. The number of ether oxygens (including phenoxy) is 1. The Morgan fingerprint density at radius 1 is 1.07 bits per heavy atom. The number of aryl methyl sites for hydroxylation is 1. The van der Waals surface area contributed by atoms with E-state index < -0.39 is 5.97 Å². The maximum Gasteiger partial charge on any atom is 0.340 e. The summed E-state index contributed by atoms with van der Waals surface area (Å²) in [6.45, 7) is 9.40. The van der Waals surface area contributed by atoms with Gasteiger partial charge in [0, 0.05) is 18.8 Å². The minimum Gasteiger partial charge on any atom is -0.462 e. The van der Waals surface area contributed by atoms with E-state index in [0.29, 0.717) is 35.7 Å². The Morgan fingerprint density at radius 2 is 1.72 bits per heavy atom. The first-order chi connectivity index (χ1) is 14.0. The van der Waals surface area contributed by atoms with Crippen LogP contribution in [0.4, 0.5) is 0 Å². The fraction of sp³-hybridized carbons (Fsp3) is 0.478. The second kappa shape index (κ2) is 9.74. The summed E-state index contributed by atoms with van der Waals surface area (Å²) in [6.07, 6.45) is 3.93. The van der Waals surface area contributed by atoms with Crippen LogP contribution < -0.4 is 5.32 Å². The van der Waals surface area contributed by atoms with Crippen molar-refractivity contribution in [3.05, 3.63) is 57.9 Å². The number of hydrogen-bond acceptors (Lipinski definition) is 4. The van der Waals surface area contributed by atoms with E-state index in [2.05, 4.69) is 39.5 Å². The molecule has 2 heterocycles. The summed E-state index contributed by atoms with van der Waals surface area (Å²) in [5.41, 5.74) is 4.47. The second-order valence-electron chi connectivity index (χ2n) is 7.68. The highest BCUT2D eigenvalue weighted by Gasteiger charge is 2.22. The average molecular weight is 398 g/mol. The fourth-order valence-corrected chi connectivity index (χ4v) is 3.90. The Hall–Kier alpha value is -2.60. The van der Waals surface area contributed by atoms with Gasteiger partial charge in [0.2, 0.25) is 0 Å². The van der Waals surface area contributed by atoms with Crippen LogP contribution in [0.25, 0.3) is 0 Å². The van der Waals surface area contributed by atoms with Crippen LogP contribution in [0.5, 0.6) is 0 Å². The predicted octanol–water partition coefficient (Wildman–Crippen LogP) is 3.72. The lowest BCUT2D eigenvalue weighted by Gasteiger charge is -2.26. The zero-order valence-corrected chi connectivity index (χ0v) is 17.6. The highest BCUT2D eigenvalue weighted by Crippen LogP contribution is 2.19. The minimum absolute atomic E-state index is 0.224. The van der Waals surface area contributed by atoms with Gasteiger partial charge in [0.15, 0.2) is 0 Å². The lowest BCUT2D eigenvalue weighted by atomic mass is 10.1. The van der Waals surface area contributed by atoms with Crippen LogP contribution in [0.2, 0.25) is 0 Å². The Labute approximate surface area is 172 Å². The largest absolute Gasteiger partial charge is 0.462 e. The van der Waals surface area contributed by atoms with Crippen molar-refractivity contribution >= 4 is 11.9 Å². The molecule has 0 aliphatic carbocycles. The summed E-state index contributed by atoms with van der Waals surface area (Å²) in [5.74, 6) is -0.624. The lowest BCUT2D eigenvalue weighted by molar-refractivity contribution is 0.0525. The Morgan fingerprint density at radius 3 is 2.38 bits per heavy atom. The van der Waals surface area contributed by atoms with Gasteiger partial charge in [0.1, 0.15) is 5.69 Å². The normalized spacial score (nSPS) is 14.6. The molecule has 0 atom stereocenters. The summed E-state index contributed by atoms with van der Waals surface area (Å²) in [7, 11) is 0. The number of nitrogens with one attached hydrogen (secondary N) is 2. The summed E-state index contributed by atoms with van der Waals surface area (Å²) in [6, 6.07) is 8.41. The summed E-state index contributed by atoms with van der Waals surface area (Å²) >= 11 is 0. The quantitative estimate of drug-likeness (QED) is 0.698. The van der Waals surface area contributed by atoms with Crippen LogP contribution in [0.3, 0.4) is 0 Å². The molecule has 1 aliphatic rings. The number of aromatic amines is 1. The molecule has 6 heteroatoms. The topological polar surface area (TPSA) is 74.4 Å². The number of benzene rings is 1. The predicted molar refractivity (Wildman–Crippen MR) is 113 cm³/mol. The van der Waals surface area contributed by atoms with Gasteiger partial charge in [-0.05, 0) is 63.4 Å². The maximum atomic E-state index is 12.6. The van der Waals surface area contributed by atoms with Crippen molar-refractivity contribution in [2.24, 2.45) is 0 Å². The SMILES string of the molecule is CCOC(=O)c1c(C)[nH]c(C(=O)NCc2ccc(CN3CCCCC3)cc2)c1C. The van der Waals surface area contributed by atoms with Gasteiger partial charge in [-0.25, -0.2) is 4.79 Å². The minimum atomic E-state index is -0.401. The first kappa shape index (κ1) is 21.1. The van der Waals surface area contributed by atoms with Crippen molar-refractivity contribution in [1.82, 2.24) is 15.2 Å². The zero-order chi connectivity index (χ0) is 20.8. The molecule has 1 fully saturated rings. The van der Waals surface area contributed by atoms with Crippen molar-refractivity contribution in [1.29, 1.82) is 0 Å². The van der Waals surface area contributed by atoms with E-state index in [1.165, 1.54) is 37.9 Å². The molecular weight excluding hydrogens is 366 g/mol. The molecule has 1 saturated heterocycles. The molecule has 0 unspecified atom stereocenters. The van der Waals surface area contributed by atoms with Crippen molar-refractivity contribution in [2.75, 3.05) is 19.7 Å². The molecule has 0 radical (unpaired) electrons. The van der Waals surface area contributed by atoms with Gasteiger partial charge < -0.3 is 15.0 Å². The van der Waals surface area contributed by atoms with E-state index in [-0.39, 0.29) is 5.91 Å². The number of likely N-dealkylation sites (tertiary alicyclic amines) is 1. The van der Waals surface area contributed by atoms with E-state index in [0.717, 1.165) is 12.1 Å². The summed E-state index contributed by atoms with van der Waals surface area (Å²) < 4.78 is 5.08. The number of esters is 1. The van der Waals surface area contributed by atoms with Crippen LogP contribution in [0.1, 0.15) is 69.4 Å². The van der Waals surface area contributed by atoms with Gasteiger partial charge in [-0.3, -0.25) is 9.69 Å². The third-order valence-corrected chi connectivity index (χ3v) is 5.48. The maximum absolute atomic E-state index is 12.6. The van der Waals surface area contributed by atoms with E-state index >= 15 is 0 Å². The Kier molecular flexibility index (Phi) is 7.09. The van der Waals surface area contributed by atoms with Gasteiger partial charge in [-0.15, -0.1) is 0 Å². The monoisotopic (exact) mass is 397 g/mol. The van der Waals surface area contributed by atoms with Gasteiger partial charge in [-0.1, -0.05) is 30.7 Å². The molecule has 0 spiro atoms. The first-order valence-corrected chi connectivity index (χ1v) is 10.4. The molecule has 1 aromatic heterocycles. The smallest absolute Gasteiger partial charge is 0.340 e. The Balaban J connectivity index is 1.58. The number of aromatic nitrogens is 1. The number of hydrogen-bond donors (Lipinski definition) is 2. The van der Waals surface area contributed by atoms with Gasteiger partial charge >= 0.3 is 5.97 Å². The van der Waals surface area contributed by atoms with Crippen molar-refractivity contribution in [3.8, 4) is 0 Å². The lowest BCUT2D eigenvalue weighted by Crippen LogP contribution is -2.29. The molecule has 0 saturated carbocycles. The molecule has 0 bridgehead atoms. The third-order valence-electron chi connectivity index (χ3n) is 5.48. The molecule has 29 heavy (non-hydrogen) atoms. The molecular formula is C23H31N3O3. The van der Waals surface area contributed by atoms with Crippen molar-refractivity contribution < 1.29 is 14.3 Å². The summed E-state index contributed by atoms with van der Waals surface area (Å²) in [5, 5.41) is 2.94. The summed E-state index contributed by atoms with van der Waals surface area (Å²) in [4.78, 5) is 30.2. The number of nitrogens with zero attached hydrogens (tertiary/aromatic N) is 1. The fourth-order valence-electron chi connectivity index (χ4n) is 3.90. The van der Waals surface area contributed by atoms with Crippen LogP contribution in [-0.2, 0) is 17.8 Å². The van der Waals surface area contributed by atoms with Crippen LogP contribution in [0, 0.1) is 13.8 Å². The van der Waals surface area contributed by atoms with E-state index in [1.54, 1.807) is 20.8 Å². The molecule has 2 aromatic rings. The van der Waals surface area contributed by atoms with E-state index in [9.17, 15) is 9.59 Å². The van der Waals surface area contributed by atoms with Crippen LogP contribution in [-0.4, -0.2) is 41.5 Å². The zero-order valence-electron chi connectivity index (χ0n) is 17.6. The second-order valence-corrected chi connectivity index (χ2v) is 7.68. The van der Waals surface area contributed by atoms with Gasteiger partial charge in [-0.2, -0.15) is 0 Å². The number of carbonyl (C=O) groups excluding carboxylic acids is 2. The van der Waals surface area contributed by atoms with Crippen LogP contribution >= 0.6 is 0 Å². The average Bonchev–Trinajstić information content (AvgIpc) is 3.02. The molecule has 2 N–H and O–H groups in total. The molecule has 1 amide bonds. The Bertz CT molecular complexity index is 849. The first-order valence-electron chi connectivity index (χ1n) is 10.4. The highest BCUT2D eigenvalue weighted by molar-refractivity contribution is 6.00. The molecule has 6 nitrogen and oxygen atoms in total. The molecule has 3 rings (SSSR count). The third kappa shape index (κ3) is 5.26. The number of amides is 1. The van der Waals surface area contributed by atoms with E-state index in [1.807, 2.05) is 0 Å². The van der Waals surface area contributed by atoms with Crippen molar-refractivity contribution in [3.63, 3.8) is 0 Å². The molecule has 156 valence electrons. The van der Waals surface area contributed by atoms with Crippen molar-refractivity contribution in [2.45, 2.75) is 53.1 Å². The van der Waals surface area contributed by atoms with Gasteiger partial charge in [0.25, 0.3) is 5.91 Å². The number of piperidine rings is 1. The molecule has 1 aromatic carbocycles. The number of rotatable bonds is 7. The number of H-pyrrole nitrogens is 1. The van der Waals surface area contributed by atoms with Crippen LogP contribution in [0.15, 0.2) is 24.3 Å². The standard InChI is InChI=1S/C23H31N3O3/c1-4-29-23(28)20-16(2)21(25-17(20)3)22(27)24-14-18-8-10-19(11-9-18)15-26-12-6-5-7-13-26/h8-11,25H,4-7,12-15H2,1-3H3,(H,24,27).